The zero-order chi connectivity index (χ0) is 17.4. The summed E-state index contributed by atoms with van der Waals surface area (Å²) in [6, 6.07) is 5.36. The first-order valence-corrected chi connectivity index (χ1v) is 7.74. The third kappa shape index (κ3) is 2.35. The van der Waals surface area contributed by atoms with Crippen molar-refractivity contribution in [3.8, 4) is 11.5 Å². The van der Waals surface area contributed by atoms with Crippen molar-refractivity contribution in [2.24, 2.45) is 0 Å². The van der Waals surface area contributed by atoms with Gasteiger partial charge in [0, 0.05) is 17.0 Å². The van der Waals surface area contributed by atoms with Crippen LogP contribution in [0.15, 0.2) is 40.7 Å². The molecule has 2 aliphatic rings. The molecule has 126 valence electrons. The fourth-order valence-electron chi connectivity index (χ4n) is 3.23. The molecule has 1 aromatic rings. The van der Waals surface area contributed by atoms with Crippen LogP contribution in [0.4, 0.5) is 0 Å². The minimum Gasteiger partial charge on any atom is -0.493 e. The average molecular weight is 329 g/mol. The smallest absolute Gasteiger partial charge is 0.342 e. The minimum atomic E-state index is -0.531. The van der Waals surface area contributed by atoms with Gasteiger partial charge < -0.3 is 19.5 Å². The first-order chi connectivity index (χ1) is 11.5. The average Bonchev–Trinajstić information content (AvgIpc) is 2.54. The monoisotopic (exact) mass is 329 g/mol. The normalized spacial score (nSPS) is 19.2. The predicted octanol–water partition coefficient (Wildman–Crippen LogP) is 2.41. The highest BCUT2D eigenvalue weighted by atomic mass is 16.6. The second-order valence-electron chi connectivity index (χ2n) is 5.62. The maximum absolute atomic E-state index is 12.6. The molecule has 0 amide bonds. The molecule has 3 rings (SSSR count). The van der Waals surface area contributed by atoms with Gasteiger partial charge >= 0.3 is 11.9 Å². The van der Waals surface area contributed by atoms with E-state index in [1.165, 1.54) is 7.11 Å². The molecule has 0 unspecified atom stereocenters. The zero-order valence-corrected chi connectivity index (χ0v) is 14.1. The SMILES string of the molecule is CCOC(=O)C1=C(C)NC(C)=C2C(=O)Oc3c(OC)cccc3[C@@H]12. The number of dihydropyridines is 1. The summed E-state index contributed by atoms with van der Waals surface area (Å²) in [5, 5.41) is 3.08. The lowest BCUT2D eigenvalue weighted by Crippen LogP contribution is -2.36. The van der Waals surface area contributed by atoms with E-state index in [-0.39, 0.29) is 6.61 Å². The summed E-state index contributed by atoms with van der Waals surface area (Å²) in [5.41, 5.74) is 2.90. The molecule has 24 heavy (non-hydrogen) atoms. The van der Waals surface area contributed by atoms with Crippen molar-refractivity contribution in [1.29, 1.82) is 0 Å². The summed E-state index contributed by atoms with van der Waals surface area (Å²) >= 11 is 0. The number of ether oxygens (including phenoxy) is 3. The Morgan fingerprint density at radius 1 is 1.29 bits per heavy atom. The standard InChI is InChI=1S/C18H19NO5/c1-5-23-17(20)13-9(2)19-10(3)14-15(13)11-7-6-8-12(22-4)16(11)24-18(14)21/h6-8,15,19H,5H2,1-4H3/t15-/m0/s1. The van der Waals surface area contributed by atoms with E-state index in [0.717, 1.165) is 0 Å². The predicted molar refractivity (Wildman–Crippen MR) is 86.5 cm³/mol. The Morgan fingerprint density at radius 3 is 2.71 bits per heavy atom. The van der Waals surface area contributed by atoms with Crippen LogP contribution in [0.25, 0.3) is 0 Å². The molecule has 1 N–H and O–H groups in total. The largest absolute Gasteiger partial charge is 0.493 e. The van der Waals surface area contributed by atoms with E-state index < -0.39 is 17.9 Å². The fourth-order valence-corrected chi connectivity index (χ4v) is 3.23. The van der Waals surface area contributed by atoms with Crippen molar-refractivity contribution in [2.75, 3.05) is 13.7 Å². The number of allylic oxidation sites excluding steroid dienone is 2. The molecule has 0 aromatic heterocycles. The molecular formula is C18H19NO5. The van der Waals surface area contributed by atoms with E-state index in [1.54, 1.807) is 26.8 Å². The number of esters is 2. The highest BCUT2D eigenvalue weighted by Crippen LogP contribution is 2.48. The van der Waals surface area contributed by atoms with Gasteiger partial charge in [0.15, 0.2) is 11.5 Å². The first kappa shape index (κ1) is 16.1. The molecular weight excluding hydrogens is 310 g/mol. The van der Waals surface area contributed by atoms with Crippen molar-refractivity contribution in [3.63, 3.8) is 0 Å². The Labute approximate surface area is 140 Å². The van der Waals surface area contributed by atoms with Gasteiger partial charge in [-0.15, -0.1) is 0 Å². The molecule has 1 aromatic carbocycles. The molecule has 2 aliphatic heterocycles. The van der Waals surface area contributed by atoms with Gasteiger partial charge in [0.1, 0.15) is 0 Å². The van der Waals surface area contributed by atoms with Crippen LogP contribution in [0, 0.1) is 0 Å². The lowest BCUT2D eigenvalue weighted by molar-refractivity contribution is -0.139. The maximum atomic E-state index is 12.6. The summed E-state index contributed by atoms with van der Waals surface area (Å²) in [4.78, 5) is 25.1. The van der Waals surface area contributed by atoms with Gasteiger partial charge in [-0.2, -0.15) is 0 Å². The third-order valence-corrected chi connectivity index (χ3v) is 4.21. The number of carbonyl (C=O) groups excluding carboxylic acids is 2. The van der Waals surface area contributed by atoms with Gasteiger partial charge in [-0.25, -0.2) is 9.59 Å². The van der Waals surface area contributed by atoms with Crippen LogP contribution in [0.1, 0.15) is 32.3 Å². The van der Waals surface area contributed by atoms with Crippen molar-refractivity contribution in [1.82, 2.24) is 5.32 Å². The highest BCUT2D eigenvalue weighted by Gasteiger charge is 2.43. The van der Waals surface area contributed by atoms with Crippen LogP contribution in [0.3, 0.4) is 0 Å². The molecule has 0 aliphatic carbocycles. The fraction of sp³-hybridized carbons (Fsp3) is 0.333. The van der Waals surface area contributed by atoms with Gasteiger partial charge in [-0.05, 0) is 26.8 Å². The Morgan fingerprint density at radius 2 is 2.04 bits per heavy atom. The molecule has 0 fully saturated rings. The first-order valence-electron chi connectivity index (χ1n) is 7.74. The van der Waals surface area contributed by atoms with E-state index in [9.17, 15) is 9.59 Å². The molecule has 0 bridgehead atoms. The van der Waals surface area contributed by atoms with Crippen molar-refractivity contribution >= 4 is 11.9 Å². The van der Waals surface area contributed by atoms with E-state index in [4.69, 9.17) is 14.2 Å². The number of methoxy groups -OCH3 is 1. The summed E-state index contributed by atoms with van der Waals surface area (Å²) in [5.74, 6) is -0.658. The Bertz CT molecular complexity index is 791. The molecule has 6 heteroatoms. The number of nitrogens with one attached hydrogen (secondary N) is 1. The van der Waals surface area contributed by atoms with Gasteiger partial charge in [0.2, 0.25) is 0 Å². The molecule has 0 radical (unpaired) electrons. The van der Waals surface area contributed by atoms with Gasteiger partial charge in [-0.3, -0.25) is 0 Å². The number of para-hydroxylation sites is 1. The van der Waals surface area contributed by atoms with Gasteiger partial charge in [0.25, 0.3) is 0 Å². The summed E-state index contributed by atoms with van der Waals surface area (Å²) in [6.45, 7) is 5.60. The summed E-state index contributed by atoms with van der Waals surface area (Å²) in [7, 11) is 1.51. The number of rotatable bonds is 3. The van der Waals surface area contributed by atoms with E-state index in [1.807, 2.05) is 12.1 Å². The minimum absolute atomic E-state index is 0.260. The lowest BCUT2D eigenvalue weighted by Gasteiger charge is -2.34. The van der Waals surface area contributed by atoms with E-state index in [2.05, 4.69) is 5.32 Å². The number of carbonyl (C=O) groups is 2. The van der Waals surface area contributed by atoms with Crippen LogP contribution >= 0.6 is 0 Å². The van der Waals surface area contributed by atoms with Gasteiger partial charge in [0.05, 0.1) is 30.8 Å². The van der Waals surface area contributed by atoms with Crippen LogP contribution in [-0.2, 0) is 14.3 Å². The Kier molecular flexibility index (Phi) is 4.05. The second-order valence-corrected chi connectivity index (χ2v) is 5.62. The van der Waals surface area contributed by atoms with Crippen molar-refractivity contribution in [3.05, 3.63) is 46.3 Å². The number of hydrogen-bond acceptors (Lipinski definition) is 6. The van der Waals surface area contributed by atoms with E-state index in [0.29, 0.717) is 39.6 Å². The van der Waals surface area contributed by atoms with Crippen LogP contribution < -0.4 is 14.8 Å². The molecule has 1 atom stereocenters. The van der Waals surface area contributed by atoms with Crippen LogP contribution in [0.5, 0.6) is 11.5 Å². The van der Waals surface area contributed by atoms with Gasteiger partial charge in [-0.1, -0.05) is 12.1 Å². The van der Waals surface area contributed by atoms with Crippen LogP contribution in [0.2, 0.25) is 0 Å². The zero-order valence-electron chi connectivity index (χ0n) is 14.1. The Balaban J connectivity index is 2.24. The topological polar surface area (TPSA) is 73.9 Å². The van der Waals surface area contributed by atoms with E-state index >= 15 is 0 Å². The molecule has 0 saturated heterocycles. The number of fused-ring (bicyclic) bond motifs is 3. The Hall–Kier alpha value is -2.76. The second kappa shape index (κ2) is 6.03. The molecule has 0 spiro atoms. The maximum Gasteiger partial charge on any atom is 0.342 e. The quantitative estimate of drug-likeness (QED) is 0.678. The lowest BCUT2D eigenvalue weighted by atomic mass is 9.78. The number of benzene rings is 1. The van der Waals surface area contributed by atoms with Crippen LogP contribution in [-0.4, -0.2) is 25.7 Å². The summed E-state index contributed by atoms with van der Waals surface area (Å²) in [6.07, 6.45) is 0. The number of hydrogen-bond donors (Lipinski definition) is 1. The third-order valence-electron chi connectivity index (χ3n) is 4.21. The summed E-state index contributed by atoms with van der Waals surface area (Å²) < 4.78 is 16.0. The molecule has 6 nitrogen and oxygen atoms in total. The van der Waals surface area contributed by atoms with Crippen molar-refractivity contribution < 1.29 is 23.8 Å². The molecule has 0 saturated carbocycles. The molecule has 2 heterocycles. The highest BCUT2D eigenvalue weighted by molar-refractivity contribution is 6.02. The van der Waals surface area contributed by atoms with Crippen molar-refractivity contribution in [2.45, 2.75) is 26.7 Å².